The van der Waals surface area contributed by atoms with Crippen LogP contribution in [0.25, 0.3) is 0 Å². The van der Waals surface area contributed by atoms with Gasteiger partial charge in [0.15, 0.2) is 5.96 Å². The third-order valence-corrected chi connectivity index (χ3v) is 2.97. The van der Waals surface area contributed by atoms with Crippen molar-refractivity contribution in [1.82, 2.24) is 10.6 Å². The summed E-state index contributed by atoms with van der Waals surface area (Å²) in [5.41, 5.74) is 1.14. The first-order chi connectivity index (χ1) is 9.67. The van der Waals surface area contributed by atoms with Crippen molar-refractivity contribution in [1.29, 1.82) is 0 Å². The van der Waals surface area contributed by atoms with Gasteiger partial charge in [0.1, 0.15) is 0 Å². The van der Waals surface area contributed by atoms with Crippen LogP contribution in [0.2, 0.25) is 0 Å². The maximum absolute atomic E-state index is 9.54. The second-order valence-corrected chi connectivity index (χ2v) is 5.28. The smallest absolute Gasteiger partial charge is 0.191 e. The number of hydrogen-bond acceptors (Lipinski definition) is 2. The Morgan fingerprint density at radius 2 is 1.90 bits per heavy atom. The van der Waals surface area contributed by atoms with Gasteiger partial charge in [-0.1, -0.05) is 44.2 Å². The van der Waals surface area contributed by atoms with E-state index in [4.69, 9.17) is 0 Å². The lowest BCUT2D eigenvalue weighted by Crippen LogP contribution is -2.40. The molecule has 1 rings (SSSR count). The molecule has 1 aromatic carbocycles. The fraction of sp³-hybridized carbons (Fsp3) is 0.562. The molecule has 20 heavy (non-hydrogen) atoms. The van der Waals surface area contributed by atoms with E-state index in [0.29, 0.717) is 12.5 Å². The Kier molecular flexibility index (Phi) is 7.73. The molecule has 1 unspecified atom stereocenters. The lowest BCUT2D eigenvalue weighted by atomic mass is 10.0. The quantitative estimate of drug-likeness (QED) is 0.527. The first kappa shape index (κ1) is 16.5. The number of guanidine groups is 1. The number of benzene rings is 1. The molecular formula is C16H27N3O. The molecule has 0 saturated heterocycles. The van der Waals surface area contributed by atoms with Gasteiger partial charge in [0.05, 0.1) is 6.61 Å². The van der Waals surface area contributed by atoms with Crippen LogP contribution in [-0.4, -0.2) is 37.3 Å². The van der Waals surface area contributed by atoms with Gasteiger partial charge in [0.25, 0.3) is 0 Å². The molecule has 0 amide bonds. The predicted molar refractivity (Wildman–Crippen MR) is 85.1 cm³/mol. The van der Waals surface area contributed by atoms with Crippen molar-refractivity contribution >= 4 is 5.96 Å². The minimum atomic E-state index is 0.0825. The monoisotopic (exact) mass is 277 g/mol. The lowest BCUT2D eigenvalue weighted by molar-refractivity contribution is 0.265. The Hall–Kier alpha value is -1.55. The minimum absolute atomic E-state index is 0.0825. The van der Waals surface area contributed by atoms with E-state index < -0.39 is 0 Å². The summed E-state index contributed by atoms with van der Waals surface area (Å²) in [7, 11) is 0. The van der Waals surface area contributed by atoms with Gasteiger partial charge in [-0.25, -0.2) is 0 Å². The standard InChI is InChI=1S/C16H27N3O/c1-4-17-16(18-10-13(2)3)19-11-15(12-20)14-8-6-5-7-9-14/h5-9,13,15,20H,4,10-12H2,1-3H3,(H2,17,18,19). The number of aliphatic imine (C=N–C) groups is 1. The summed E-state index contributed by atoms with van der Waals surface area (Å²) in [6.45, 7) is 8.77. The number of nitrogens with zero attached hydrogens (tertiary/aromatic N) is 1. The van der Waals surface area contributed by atoms with Crippen LogP contribution in [0.1, 0.15) is 32.3 Å². The molecule has 0 saturated carbocycles. The fourth-order valence-corrected chi connectivity index (χ4v) is 1.85. The van der Waals surface area contributed by atoms with Crippen molar-refractivity contribution in [2.75, 3.05) is 26.2 Å². The number of hydrogen-bond donors (Lipinski definition) is 3. The van der Waals surface area contributed by atoms with Gasteiger partial charge in [-0.05, 0) is 18.4 Å². The molecular weight excluding hydrogens is 250 g/mol. The molecule has 1 atom stereocenters. The van der Waals surface area contributed by atoms with E-state index in [1.54, 1.807) is 0 Å². The van der Waals surface area contributed by atoms with Crippen molar-refractivity contribution < 1.29 is 5.11 Å². The van der Waals surface area contributed by atoms with Crippen LogP contribution >= 0.6 is 0 Å². The van der Waals surface area contributed by atoms with Gasteiger partial charge in [-0.3, -0.25) is 4.99 Å². The molecule has 0 aliphatic heterocycles. The van der Waals surface area contributed by atoms with Crippen LogP contribution < -0.4 is 10.6 Å². The Bertz CT molecular complexity index is 390. The average molecular weight is 277 g/mol. The van der Waals surface area contributed by atoms with E-state index in [2.05, 4.69) is 29.5 Å². The molecule has 4 nitrogen and oxygen atoms in total. The number of aliphatic hydroxyl groups excluding tert-OH is 1. The highest BCUT2D eigenvalue weighted by Gasteiger charge is 2.10. The van der Waals surface area contributed by atoms with Gasteiger partial charge >= 0.3 is 0 Å². The molecule has 0 radical (unpaired) electrons. The van der Waals surface area contributed by atoms with Gasteiger partial charge in [0, 0.05) is 25.6 Å². The van der Waals surface area contributed by atoms with Crippen LogP contribution in [0.4, 0.5) is 0 Å². The molecule has 0 spiro atoms. The second kappa shape index (κ2) is 9.37. The number of nitrogens with one attached hydrogen (secondary N) is 2. The number of rotatable bonds is 7. The predicted octanol–water partition coefficient (Wildman–Crippen LogP) is 1.97. The third kappa shape index (κ3) is 6.06. The van der Waals surface area contributed by atoms with E-state index >= 15 is 0 Å². The molecule has 0 aliphatic carbocycles. The van der Waals surface area contributed by atoms with Crippen LogP contribution in [0.5, 0.6) is 0 Å². The molecule has 0 heterocycles. The summed E-state index contributed by atoms with van der Waals surface area (Å²) >= 11 is 0. The topological polar surface area (TPSA) is 56.7 Å². The minimum Gasteiger partial charge on any atom is -0.396 e. The molecule has 0 bridgehead atoms. The maximum Gasteiger partial charge on any atom is 0.191 e. The lowest BCUT2D eigenvalue weighted by Gasteiger charge is -2.18. The highest BCUT2D eigenvalue weighted by Crippen LogP contribution is 2.13. The zero-order valence-corrected chi connectivity index (χ0v) is 12.8. The molecule has 0 fully saturated rings. The second-order valence-electron chi connectivity index (χ2n) is 5.28. The first-order valence-corrected chi connectivity index (χ1v) is 7.35. The molecule has 4 heteroatoms. The van der Waals surface area contributed by atoms with Gasteiger partial charge in [-0.15, -0.1) is 0 Å². The number of aliphatic hydroxyl groups is 1. The summed E-state index contributed by atoms with van der Waals surface area (Å²) in [6, 6.07) is 10.1. The SMILES string of the molecule is CCNC(=NCC(C)C)NCC(CO)c1ccccc1. The summed E-state index contributed by atoms with van der Waals surface area (Å²) in [6.07, 6.45) is 0. The van der Waals surface area contributed by atoms with Gasteiger partial charge in [-0.2, -0.15) is 0 Å². The van der Waals surface area contributed by atoms with Crippen molar-refractivity contribution in [3.8, 4) is 0 Å². The van der Waals surface area contributed by atoms with Crippen LogP contribution in [0.15, 0.2) is 35.3 Å². The summed E-state index contributed by atoms with van der Waals surface area (Å²) in [4.78, 5) is 4.53. The fourth-order valence-electron chi connectivity index (χ4n) is 1.85. The van der Waals surface area contributed by atoms with Crippen molar-refractivity contribution in [3.63, 3.8) is 0 Å². The Morgan fingerprint density at radius 1 is 1.20 bits per heavy atom. The van der Waals surface area contributed by atoms with Gasteiger partial charge in [0.2, 0.25) is 0 Å². The van der Waals surface area contributed by atoms with E-state index in [0.717, 1.165) is 24.6 Å². The van der Waals surface area contributed by atoms with Crippen molar-refractivity contribution in [3.05, 3.63) is 35.9 Å². The highest BCUT2D eigenvalue weighted by atomic mass is 16.3. The Morgan fingerprint density at radius 3 is 2.45 bits per heavy atom. The van der Waals surface area contributed by atoms with E-state index in [1.165, 1.54) is 0 Å². The largest absolute Gasteiger partial charge is 0.396 e. The van der Waals surface area contributed by atoms with Crippen LogP contribution in [0.3, 0.4) is 0 Å². The van der Waals surface area contributed by atoms with Crippen molar-refractivity contribution in [2.45, 2.75) is 26.7 Å². The average Bonchev–Trinajstić information content (AvgIpc) is 2.46. The van der Waals surface area contributed by atoms with E-state index in [9.17, 15) is 5.11 Å². The normalized spacial score (nSPS) is 13.3. The first-order valence-electron chi connectivity index (χ1n) is 7.35. The highest BCUT2D eigenvalue weighted by molar-refractivity contribution is 5.79. The maximum atomic E-state index is 9.54. The molecule has 3 N–H and O–H groups in total. The zero-order chi connectivity index (χ0) is 14.8. The molecule has 0 aliphatic rings. The van der Waals surface area contributed by atoms with E-state index in [-0.39, 0.29) is 12.5 Å². The Balaban J connectivity index is 2.58. The van der Waals surface area contributed by atoms with Crippen LogP contribution in [0, 0.1) is 5.92 Å². The van der Waals surface area contributed by atoms with Gasteiger partial charge < -0.3 is 15.7 Å². The summed E-state index contributed by atoms with van der Waals surface area (Å²) in [5, 5.41) is 16.1. The summed E-state index contributed by atoms with van der Waals surface area (Å²) in [5.74, 6) is 1.43. The molecule has 1 aromatic rings. The Labute approximate surface area is 122 Å². The zero-order valence-electron chi connectivity index (χ0n) is 12.8. The van der Waals surface area contributed by atoms with Crippen molar-refractivity contribution in [2.24, 2.45) is 10.9 Å². The third-order valence-electron chi connectivity index (χ3n) is 2.97. The molecule has 0 aromatic heterocycles. The summed E-state index contributed by atoms with van der Waals surface area (Å²) < 4.78 is 0. The van der Waals surface area contributed by atoms with Crippen LogP contribution in [-0.2, 0) is 0 Å². The van der Waals surface area contributed by atoms with E-state index in [1.807, 2.05) is 37.3 Å². The molecule has 112 valence electrons.